The van der Waals surface area contributed by atoms with Crippen LogP contribution in [0.4, 0.5) is 5.69 Å². The van der Waals surface area contributed by atoms with Crippen molar-refractivity contribution in [3.63, 3.8) is 0 Å². The molecule has 0 saturated carbocycles. The van der Waals surface area contributed by atoms with Crippen LogP contribution in [0, 0.1) is 0 Å². The first-order valence-corrected chi connectivity index (χ1v) is 13.6. The van der Waals surface area contributed by atoms with Crippen molar-refractivity contribution in [3.05, 3.63) is 90.0 Å². The van der Waals surface area contributed by atoms with E-state index in [0.717, 1.165) is 23.7 Å². The molecule has 1 amide bonds. The van der Waals surface area contributed by atoms with Crippen LogP contribution in [0.1, 0.15) is 36.8 Å². The van der Waals surface area contributed by atoms with Crippen LogP contribution in [0.2, 0.25) is 0 Å². The van der Waals surface area contributed by atoms with Gasteiger partial charge in [-0.2, -0.15) is 8.42 Å². The average molecular weight is 529 g/mol. The predicted octanol–water partition coefficient (Wildman–Crippen LogP) is 5.78. The molecule has 0 radical (unpaired) electrons. The van der Waals surface area contributed by atoms with Gasteiger partial charge in [-0.15, -0.1) is 3.89 Å². The monoisotopic (exact) mass is 528 g/mol. The number of fused-ring (bicyclic) bond motifs is 1. The number of ether oxygens (including phenoxy) is 1. The third-order valence-electron chi connectivity index (χ3n) is 6.09. The van der Waals surface area contributed by atoms with Gasteiger partial charge in [-0.25, -0.2) is 4.79 Å². The highest BCUT2D eigenvalue weighted by Gasteiger charge is 2.59. The normalized spacial score (nSPS) is 21.4. The fraction of sp³-hybridized carbons (Fsp3) is 0.269. The molecule has 0 saturated heterocycles. The van der Waals surface area contributed by atoms with Crippen molar-refractivity contribution in [3.8, 4) is 5.75 Å². The van der Waals surface area contributed by atoms with E-state index in [1.54, 1.807) is 55.5 Å². The van der Waals surface area contributed by atoms with E-state index in [1.807, 2.05) is 30.3 Å². The first-order valence-electron chi connectivity index (χ1n) is 11.0. The quantitative estimate of drug-likeness (QED) is 0.211. The number of nitrogens with zero attached hydrogens (tertiary/aromatic N) is 1. The zero-order valence-corrected chi connectivity index (χ0v) is 20.9. The number of unbranched alkanes of at least 4 members (excludes halogenated alkanes) is 1. The number of alkyl halides is 1. The zero-order chi connectivity index (χ0) is 23.5. The van der Waals surface area contributed by atoms with E-state index in [4.69, 9.17) is 4.74 Å². The number of para-hydroxylation sites is 2. The van der Waals surface area contributed by atoms with Crippen LogP contribution in [-0.2, 0) is 21.4 Å². The standard InChI is InChI=1S/C26H27BrNO4S/c1-20-22-13-5-8-16-25(22)33(30,31)28(26(20)29,19-21-11-3-2-4-12-21)23-14-6-7-15-24(23)32-18-10-9-17-27/h2-8,11-16,20H,9-10,17-19H2,1H3/q+1. The third-order valence-corrected chi connectivity index (χ3v) is 8.90. The number of sulfonamides is 1. The molecule has 0 spiro atoms. The van der Waals surface area contributed by atoms with Gasteiger partial charge in [0.15, 0.2) is 11.4 Å². The Labute approximate surface area is 203 Å². The Balaban J connectivity index is 1.95. The summed E-state index contributed by atoms with van der Waals surface area (Å²) in [4.78, 5) is 14.3. The van der Waals surface area contributed by atoms with Crippen molar-refractivity contribution >= 4 is 37.5 Å². The summed E-state index contributed by atoms with van der Waals surface area (Å²) in [5.41, 5.74) is 1.65. The van der Waals surface area contributed by atoms with Gasteiger partial charge >= 0.3 is 15.9 Å². The van der Waals surface area contributed by atoms with Crippen LogP contribution in [0.5, 0.6) is 5.75 Å². The van der Waals surface area contributed by atoms with Crippen LogP contribution in [0.15, 0.2) is 83.8 Å². The summed E-state index contributed by atoms with van der Waals surface area (Å²) in [7, 11) is -4.14. The number of amides is 1. The summed E-state index contributed by atoms with van der Waals surface area (Å²) >= 11 is 3.42. The molecular weight excluding hydrogens is 502 g/mol. The second-order valence-electron chi connectivity index (χ2n) is 8.17. The Hall–Kier alpha value is -2.48. The molecule has 2 atom stereocenters. The fourth-order valence-corrected chi connectivity index (χ4v) is 7.05. The Morgan fingerprint density at radius 3 is 2.33 bits per heavy atom. The first-order chi connectivity index (χ1) is 15.9. The van der Waals surface area contributed by atoms with E-state index in [0.29, 0.717) is 23.6 Å². The van der Waals surface area contributed by atoms with Gasteiger partial charge in [-0.1, -0.05) is 76.6 Å². The number of quaternary nitrogens is 1. The Morgan fingerprint density at radius 2 is 1.58 bits per heavy atom. The summed E-state index contributed by atoms with van der Waals surface area (Å²) in [6.07, 6.45) is 1.76. The van der Waals surface area contributed by atoms with Gasteiger partial charge in [0.25, 0.3) is 0 Å². The summed E-state index contributed by atoms with van der Waals surface area (Å²) in [5, 5.41) is 0.868. The van der Waals surface area contributed by atoms with Crippen LogP contribution in [0.3, 0.4) is 0 Å². The van der Waals surface area contributed by atoms with Crippen LogP contribution in [0.25, 0.3) is 0 Å². The van der Waals surface area contributed by atoms with Gasteiger partial charge in [0.05, 0.1) is 12.5 Å². The molecule has 1 aliphatic heterocycles. The minimum absolute atomic E-state index is 0.0115. The van der Waals surface area contributed by atoms with E-state index < -0.39 is 19.8 Å². The highest BCUT2D eigenvalue weighted by Crippen LogP contribution is 2.48. The summed E-state index contributed by atoms with van der Waals surface area (Å²) < 4.78 is 33.8. The van der Waals surface area contributed by atoms with Crippen LogP contribution in [-0.4, -0.2) is 26.3 Å². The van der Waals surface area contributed by atoms with Crippen molar-refractivity contribution in [1.29, 1.82) is 0 Å². The number of halogens is 1. The van der Waals surface area contributed by atoms with E-state index in [-0.39, 0.29) is 17.3 Å². The summed E-state index contributed by atoms with van der Waals surface area (Å²) in [5.74, 6) is -0.546. The minimum atomic E-state index is -4.14. The smallest absolute Gasteiger partial charge is 0.341 e. The predicted molar refractivity (Wildman–Crippen MR) is 134 cm³/mol. The number of hydrogen-bond acceptors (Lipinski definition) is 4. The molecule has 7 heteroatoms. The number of benzene rings is 3. The average Bonchev–Trinajstić information content (AvgIpc) is 2.84. The summed E-state index contributed by atoms with van der Waals surface area (Å²) in [6.45, 7) is 2.21. The SMILES string of the molecule is CC1C(=O)[N+](Cc2ccccc2)(c2ccccc2OCCCCBr)S(=O)(=O)c2ccccc21. The molecule has 2 unspecified atom stereocenters. The van der Waals surface area contributed by atoms with Gasteiger partial charge in [-0.05, 0) is 37.5 Å². The van der Waals surface area contributed by atoms with Gasteiger partial charge in [0.1, 0.15) is 11.4 Å². The topological polar surface area (TPSA) is 60.4 Å². The van der Waals surface area contributed by atoms with Gasteiger partial charge in [-0.3, -0.25) is 0 Å². The molecule has 0 aliphatic carbocycles. The molecule has 0 fully saturated rings. The molecule has 3 aromatic rings. The van der Waals surface area contributed by atoms with E-state index in [9.17, 15) is 13.2 Å². The highest BCUT2D eigenvalue weighted by molar-refractivity contribution is 9.09. The second kappa shape index (κ2) is 9.79. The van der Waals surface area contributed by atoms with Crippen molar-refractivity contribution in [2.75, 3.05) is 11.9 Å². The Morgan fingerprint density at radius 1 is 0.909 bits per heavy atom. The van der Waals surface area contributed by atoms with E-state index in [2.05, 4.69) is 15.9 Å². The minimum Gasteiger partial charge on any atom is -0.487 e. The second-order valence-corrected chi connectivity index (χ2v) is 11.0. The van der Waals surface area contributed by atoms with Crippen LogP contribution < -0.4 is 8.63 Å². The van der Waals surface area contributed by atoms with Gasteiger partial charge in [0, 0.05) is 17.0 Å². The lowest BCUT2D eigenvalue weighted by Crippen LogP contribution is -2.61. The number of carbonyl (C=O) groups is 1. The molecular formula is C26H27BrNO4S+. The van der Waals surface area contributed by atoms with Crippen molar-refractivity contribution < 1.29 is 17.9 Å². The highest BCUT2D eigenvalue weighted by atomic mass is 79.9. The number of hydrogen-bond donors (Lipinski definition) is 0. The molecule has 33 heavy (non-hydrogen) atoms. The van der Waals surface area contributed by atoms with Crippen molar-refractivity contribution in [2.45, 2.75) is 37.1 Å². The molecule has 0 N–H and O–H groups in total. The molecule has 0 bridgehead atoms. The maximum Gasteiger partial charge on any atom is 0.341 e. The van der Waals surface area contributed by atoms with Crippen LogP contribution >= 0.6 is 15.9 Å². The molecule has 4 rings (SSSR count). The molecule has 1 aliphatic rings. The lowest BCUT2D eigenvalue weighted by Gasteiger charge is -2.40. The van der Waals surface area contributed by atoms with Gasteiger partial charge < -0.3 is 4.74 Å². The maximum atomic E-state index is 14.3. The van der Waals surface area contributed by atoms with Gasteiger partial charge in [0.2, 0.25) is 0 Å². The maximum absolute atomic E-state index is 14.3. The molecule has 5 nitrogen and oxygen atoms in total. The molecule has 3 aromatic carbocycles. The fourth-order valence-electron chi connectivity index (χ4n) is 4.40. The van der Waals surface area contributed by atoms with E-state index >= 15 is 0 Å². The first kappa shape index (κ1) is 23.7. The molecule has 172 valence electrons. The number of rotatable bonds is 8. The summed E-state index contributed by atoms with van der Waals surface area (Å²) in [6, 6.07) is 23.1. The third kappa shape index (κ3) is 4.14. The van der Waals surface area contributed by atoms with Crippen molar-refractivity contribution in [1.82, 2.24) is 3.89 Å². The largest absolute Gasteiger partial charge is 0.487 e. The zero-order valence-electron chi connectivity index (χ0n) is 18.5. The molecule has 1 heterocycles. The van der Waals surface area contributed by atoms with Crippen molar-refractivity contribution in [2.24, 2.45) is 0 Å². The molecule has 0 aromatic heterocycles. The number of carbonyl (C=O) groups excluding carboxylic acids is 1. The Bertz CT molecular complexity index is 1250. The Kier molecular flexibility index (Phi) is 7.02. The lowest BCUT2D eigenvalue weighted by atomic mass is 9.98. The van der Waals surface area contributed by atoms with E-state index in [1.165, 1.54) is 0 Å². The lowest BCUT2D eigenvalue weighted by molar-refractivity contribution is -0.128.